The highest BCUT2D eigenvalue weighted by Crippen LogP contribution is 2.17. The van der Waals surface area contributed by atoms with Crippen molar-refractivity contribution in [3.63, 3.8) is 0 Å². The summed E-state index contributed by atoms with van der Waals surface area (Å²) in [7, 11) is 1.61. The number of para-hydroxylation sites is 1. The normalized spacial score (nSPS) is 11.0. The number of fused-ring (bicyclic) bond motifs is 1. The highest BCUT2D eigenvalue weighted by Gasteiger charge is 2.07. The van der Waals surface area contributed by atoms with Crippen LogP contribution in [0.1, 0.15) is 11.1 Å². The molecule has 5 heteroatoms. The van der Waals surface area contributed by atoms with Gasteiger partial charge in [-0.25, -0.2) is 5.43 Å². The van der Waals surface area contributed by atoms with Crippen LogP contribution in [0.5, 0.6) is 5.75 Å². The Hall–Kier alpha value is -3.08. The van der Waals surface area contributed by atoms with Crippen LogP contribution in [-0.4, -0.2) is 24.2 Å². The number of amides is 1. The van der Waals surface area contributed by atoms with Gasteiger partial charge in [0.15, 0.2) is 0 Å². The summed E-state index contributed by atoms with van der Waals surface area (Å²) < 4.78 is 5.14. The van der Waals surface area contributed by atoms with E-state index in [1.54, 1.807) is 13.3 Å². The van der Waals surface area contributed by atoms with Crippen molar-refractivity contribution in [1.29, 1.82) is 0 Å². The molecule has 0 aliphatic rings. The highest BCUT2D eigenvalue weighted by molar-refractivity contribution is 5.89. The number of aromatic nitrogens is 1. The number of ether oxygens (including phenoxy) is 1. The molecule has 0 atom stereocenters. The van der Waals surface area contributed by atoms with Gasteiger partial charge in [0.05, 0.1) is 19.7 Å². The molecule has 116 valence electrons. The molecule has 3 rings (SSSR count). The molecule has 0 radical (unpaired) electrons. The van der Waals surface area contributed by atoms with Crippen molar-refractivity contribution < 1.29 is 9.53 Å². The molecule has 2 aromatic carbocycles. The van der Waals surface area contributed by atoms with Crippen molar-refractivity contribution in [3.8, 4) is 5.75 Å². The number of hydrazone groups is 1. The van der Waals surface area contributed by atoms with Gasteiger partial charge >= 0.3 is 0 Å². The maximum Gasteiger partial charge on any atom is 0.244 e. The number of nitrogens with zero attached hydrogens (tertiary/aromatic N) is 1. The van der Waals surface area contributed by atoms with E-state index in [2.05, 4.69) is 15.5 Å². The average molecular weight is 307 g/mol. The molecule has 0 saturated carbocycles. The number of hydrogen-bond donors (Lipinski definition) is 2. The summed E-state index contributed by atoms with van der Waals surface area (Å²) >= 11 is 0. The van der Waals surface area contributed by atoms with E-state index in [0.29, 0.717) is 0 Å². The lowest BCUT2D eigenvalue weighted by Crippen LogP contribution is -2.19. The number of methoxy groups -OCH3 is 1. The second-order valence-corrected chi connectivity index (χ2v) is 5.11. The van der Waals surface area contributed by atoms with Gasteiger partial charge in [0.1, 0.15) is 5.75 Å². The monoisotopic (exact) mass is 307 g/mol. The molecule has 1 aromatic heterocycles. The lowest BCUT2D eigenvalue weighted by molar-refractivity contribution is -0.120. The van der Waals surface area contributed by atoms with Gasteiger partial charge in [-0.1, -0.05) is 30.3 Å². The molecular weight excluding hydrogens is 290 g/mol. The lowest BCUT2D eigenvalue weighted by atomic mass is 10.1. The number of aromatic amines is 1. The molecular formula is C18H17N3O2. The molecule has 23 heavy (non-hydrogen) atoms. The van der Waals surface area contributed by atoms with Crippen LogP contribution in [0.4, 0.5) is 0 Å². The molecule has 0 aliphatic carbocycles. The van der Waals surface area contributed by atoms with Crippen molar-refractivity contribution in [3.05, 3.63) is 65.9 Å². The van der Waals surface area contributed by atoms with Crippen LogP contribution in [0.2, 0.25) is 0 Å². The first-order chi connectivity index (χ1) is 11.3. The van der Waals surface area contributed by atoms with Crippen LogP contribution in [0.25, 0.3) is 10.9 Å². The van der Waals surface area contributed by atoms with Gasteiger partial charge in [-0.3, -0.25) is 4.79 Å². The minimum absolute atomic E-state index is 0.158. The Kier molecular flexibility index (Phi) is 4.38. The van der Waals surface area contributed by atoms with E-state index < -0.39 is 0 Å². The third kappa shape index (κ3) is 3.58. The van der Waals surface area contributed by atoms with Crippen LogP contribution < -0.4 is 10.2 Å². The van der Waals surface area contributed by atoms with E-state index in [1.807, 2.05) is 54.7 Å². The smallest absolute Gasteiger partial charge is 0.244 e. The summed E-state index contributed by atoms with van der Waals surface area (Å²) in [5.74, 6) is 0.591. The minimum Gasteiger partial charge on any atom is -0.497 e. The molecule has 0 spiro atoms. The molecule has 0 bridgehead atoms. The first-order valence-electron chi connectivity index (χ1n) is 7.27. The van der Waals surface area contributed by atoms with E-state index in [9.17, 15) is 4.79 Å². The summed E-state index contributed by atoms with van der Waals surface area (Å²) in [5, 5.41) is 5.04. The summed E-state index contributed by atoms with van der Waals surface area (Å²) in [6.07, 6.45) is 3.73. The Morgan fingerprint density at radius 1 is 1.26 bits per heavy atom. The Balaban J connectivity index is 1.62. The van der Waals surface area contributed by atoms with E-state index in [1.165, 1.54) is 0 Å². The Labute approximate surface area is 134 Å². The fourth-order valence-corrected chi connectivity index (χ4v) is 2.39. The SMILES string of the molecule is COc1cccc(C=NNC(=O)Cc2c[nH]c3ccccc23)c1. The Bertz CT molecular complexity index is 852. The number of hydrogen-bond acceptors (Lipinski definition) is 3. The molecule has 0 aliphatic heterocycles. The number of carbonyl (C=O) groups excluding carboxylic acids is 1. The zero-order chi connectivity index (χ0) is 16.1. The summed E-state index contributed by atoms with van der Waals surface area (Å²) in [4.78, 5) is 15.2. The molecule has 2 N–H and O–H groups in total. The van der Waals surface area contributed by atoms with E-state index in [-0.39, 0.29) is 12.3 Å². The molecule has 0 saturated heterocycles. The lowest BCUT2D eigenvalue weighted by Gasteiger charge is -2.01. The minimum atomic E-state index is -0.158. The van der Waals surface area contributed by atoms with Crippen molar-refractivity contribution in [1.82, 2.24) is 10.4 Å². The Morgan fingerprint density at radius 3 is 3.00 bits per heavy atom. The fraction of sp³-hybridized carbons (Fsp3) is 0.111. The zero-order valence-corrected chi connectivity index (χ0v) is 12.7. The summed E-state index contributed by atoms with van der Waals surface area (Å²) in [6.45, 7) is 0. The van der Waals surface area contributed by atoms with E-state index in [4.69, 9.17) is 4.74 Å². The quantitative estimate of drug-likeness (QED) is 0.562. The van der Waals surface area contributed by atoms with Gasteiger partial charge in [0, 0.05) is 17.1 Å². The van der Waals surface area contributed by atoms with Crippen molar-refractivity contribution in [2.24, 2.45) is 5.10 Å². The van der Waals surface area contributed by atoms with Crippen LogP contribution >= 0.6 is 0 Å². The first-order valence-corrected chi connectivity index (χ1v) is 7.27. The molecule has 1 heterocycles. The van der Waals surface area contributed by atoms with Crippen molar-refractivity contribution >= 4 is 23.0 Å². The molecule has 0 unspecified atom stereocenters. The standard InChI is InChI=1S/C18H17N3O2/c1-23-15-6-4-5-13(9-15)11-20-21-18(22)10-14-12-19-17-8-3-2-7-16(14)17/h2-9,11-12,19H,10H2,1H3,(H,21,22). The number of H-pyrrole nitrogens is 1. The topological polar surface area (TPSA) is 66.5 Å². The van der Waals surface area contributed by atoms with Gasteiger partial charge in [0.25, 0.3) is 0 Å². The predicted octanol–water partition coefficient (Wildman–Crippen LogP) is 2.87. The third-order valence-electron chi connectivity index (χ3n) is 3.52. The largest absolute Gasteiger partial charge is 0.497 e. The van der Waals surface area contributed by atoms with Gasteiger partial charge < -0.3 is 9.72 Å². The fourth-order valence-electron chi connectivity index (χ4n) is 2.39. The summed E-state index contributed by atoms with van der Waals surface area (Å²) in [5.41, 5.74) is 5.38. The summed E-state index contributed by atoms with van der Waals surface area (Å²) in [6, 6.07) is 15.3. The highest BCUT2D eigenvalue weighted by atomic mass is 16.5. The van der Waals surface area contributed by atoms with Gasteiger partial charge in [-0.05, 0) is 29.3 Å². The molecule has 3 aromatic rings. The Morgan fingerprint density at radius 2 is 2.13 bits per heavy atom. The maximum atomic E-state index is 12.0. The van der Waals surface area contributed by atoms with E-state index >= 15 is 0 Å². The average Bonchev–Trinajstić information content (AvgIpc) is 2.98. The maximum absolute atomic E-state index is 12.0. The van der Waals surface area contributed by atoms with Crippen LogP contribution in [0.15, 0.2) is 59.8 Å². The van der Waals surface area contributed by atoms with Gasteiger partial charge in [-0.15, -0.1) is 0 Å². The third-order valence-corrected chi connectivity index (χ3v) is 3.52. The van der Waals surface area contributed by atoms with E-state index in [0.717, 1.165) is 27.8 Å². The zero-order valence-electron chi connectivity index (χ0n) is 12.7. The number of rotatable bonds is 5. The second-order valence-electron chi connectivity index (χ2n) is 5.11. The van der Waals surface area contributed by atoms with Gasteiger partial charge in [-0.2, -0.15) is 5.10 Å². The molecule has 1 amide bonds. The predicted molar refractivity (Wildman–Crippen MR) is 90.7 cm³/mol. The molecule has 5 nitrogen and oxygen atoms in total. The number of nitrogens with one attached hydrogen (secondary N) is 2. The first kappa shape index (κ1) is 14.8. The van der Waals surface area contributed by atoms with Crippen LogP contribution in [0, 0.1) is 0 Å². The number of carbonyl (C=O) groups is 1. The van der Waals surface area contributed by atoms with Crippen molar-refractivity contribution in [2.45, 2.75) is 6.42 Å². The van der Waals surface area contributed by atoms with Gasteiger partial charge in [0.2, 0.25) is 5.91 Å². The second kappa shape index (κ2) is 6.79. The van der Waals surface area contributed by atoms with Crippen molar-refractivity contribution in [2.75, 3.05) is 7.11 Å². The molecule has 0 fully saturated rings. The number of benzene rings is 2. The van der Waals surface area contributed by atoms with Crippen LogP contribution in [0.3, 0.4) is 0 Å². The van der Waals surface area contributed by atoms with Crippen LogP contribution in [-0.2, 0) is 11.2 Å².